The van der Waals surface area contributed by atoms with Gasteiger partial charge in [0.2, 0.25) is 16.0 Å². The number of piperazine rings is 1. The zero-order valence-electron chi connectivity index (χ0n) is 20.5. The fraction of sp³-hybridized carbons (Fsp3) is 0.800. The molecule has 1 amide bonds. The summed E-state index contributed by atoms with van der Waals surface area (Å²) in [7, 11) is -3.20. The lowest BCUT2D eigenvalue weighted by molar-refractivity contribution is -0.136. The van der Waals surface area contributed by atoms with Crippen LogP contribution in [0.1, 0.15) is 79.8 Å². The number of carbonyl (C=O) groups is 1. The molecule has 2 heterocycles. The van der Waals surface area contributed by atoms with Crippen molar-refractivity contribution in [1.29, 1.82) is 0 Å². The summed E-state index contributed by atoms with van der Waals surface area (Å²) >= 11 is 0. The topological polar surface area (TPSA) is 116 Å². The average Bonchev–Trinajstić information content (AvgIpc) is 3.34. The number of hydrogen-bond acceptors (Lipinski definition) is 7. The van der Waals surface area contributed by atoms with Crippen LogP contribution in [-0.2, 0) is 10.0 Å². The van der Waals surface area contributed by atoms with Gasteiger partial charge in [-0.05, 0) is 62.7 Å². The summed E-state index contributed by atoms with van der Waals surface area (Å²) in [6.07, 6.45) is 12.0. The van der Waals surface area contributed by atoms with Crippen molar-refractivity contribution in [3.05, 3.63) is 17.5 Å². The van der Waals surface area contributed by atoms with Crippen molar-refractivity contribution >= 4 is 21.9 Å². The minimum atomic E-state index is -3.20. The van der Waals surface area contributed by atoms with Crippen LogP contribution < -0.4 is 10.2 Å². The fourth-order valence-electron chi connectivity index (χ4n) is 7.89. The molecule has 2 N–H and O–H groups in total. The summed E-state index contributed by atoms with van der Waals surface area (Å²) in [5.74, 6) is 2.09. The molecule has 192 valence electrons. The monoisotopic (exact) mass is 503 g/mol. The van der Waals surface area contributed by atoms with E-state index < -0.39 is 15.6 Å². The Morgan fingerprint density at radius 2 is 1.74 bits per heavy atom. The van der Waals surface area contributed by atoms with Crippen molar-refractivity contribution in [2.45, 2.75) is 75.3 Å². The van der Waals surface area contributed by atoms with Crippen LogP contribution in [0.4, 0.5) is 5.95 Å². The van der Waals surface area contributed by atoms with Crippen molar-refractivity contribution in [3.8, 4) is 0 Å². The van der Waals surface area contributed by atoms with E-state index in [1.807, 2.05) is 4.90 Å². The number of nitrogens with one attached hydrogen (secondary N) is 1. The van der Waals surface area contributed by atoms with Crippen molar-refractivity contribution in [2.24, 2.45) is 17.8 Å². The van der Waals surface area contributed by atoms with Gasteiger partial charge in [-0.2, -0.15) is 4.31 Å². The van der Waals surface area contributed by atoms with Crippen LogP contribution in [0.25, 0.3) is 0 Å². The second-order valence-electron chi connectivity index (χ2n) is 11.8. The lowest BCUT2D eigenvalue weighted by Crippen LogP contribution is -2.61. The highest BCUT2D eigenvalue weighted by Crippen LogP contribution is 2.55. The summed E-state index contributed by atoms with van der Waals surface area (Å²) in [6, 6.07) is 0.125. The Kier molecular flexibility index (Phi) is 5.84. The molecule has 2 unspecified atom stereocenters. The van der Waals surface area contributed by atoms with Crippen molar-refractivity contribution in [3.63, 3.8) is 0 Å². The van der Waals surface area contributed by atoms with Gasteiger partial charge in [0.25, 0.3) is 5.91 Å². The van der Waals surface area contributed by atoms with E-state index in [0.29, 0.717) is 55.4 Å². The molecule has 1 saturated heterocycles. The van der Waals surface area contributed by atoms with Gasteiger partial charge in [-0.1, -0.05) is 12.8 Å². The van der Waals surface area contributed by atoms with Crippen LogP contribution in [0.15, 0.2) is 6.20 Å². The van der Waals surface area contributed by atoms with E-state index in [1.54, 1.807) is 6.20 Å². The van der Waals surface area contributed by atoms with E-state index in [0.717, 1.165) is 63.5 Å². The molecule has 6 fully saturated rings. The molecule has 35 heavy (non-hydrogen) atoms. The number of sulfonamides is 1. The highest BCUT2D eigenvalue weighted by molar-refractivity contribution is 7.88. The molecule has 1 aromatic rings. The van der Waals surface area contributed by atoms with Crippen molar-refractivity contribution < 1.29 is 18.3 Å². The predicted molar refractivity (Wildman–Crippen MR) is 132 cm³/mol. The van der Waals surface area contributed by atoms with E-state index in [9.17, 15) is 18.3 Å². The first kappa shape index (κ1) is 23.6. The average molecular weight is 504 g/mol. The van der Waals surface area contributed by atoms with Gasteiger partial charge in [-0.15, -0.1) is 0 Å². The number of anilines is 1. The van der Waals surface area contributed by atoms with Crippen LogP contribution in [0.3, 0.4) is 0 Å². The Labute approximate surface area is 207 Å². The number of aliphatic hydroxyl groups is 1. The molecule has 0 spiro atoms. The van der Waals surface area contributed by atoms with E-state index in [-0.39, 0.29) is 17.9 Å². The minimum absolute atomic E-state index is 0.0789. The third-order valence-corrected chi connectivity index (χ3v) is 10.6. The number of carbonyl (C=O) groups excluding carboxylic acids is 1. The molecule has 4 bridgehead atoms. The molecule has 9 nitrogen and oxygen atoms in total. The van der Waals surface area contributed by atoms with Gasteiger partial charge in [0, 0.05) is 44.3 Å². The molecule has 5 aliphatic carbocycles. The number of hydrogen-bond donors (Lipinski definition) is 2. The molecule has 5 saturated carbocycles. The standard InChI is InChI=1S/C25H37N5O4S/c1-35(33,34)30-8-6-29(7-9-30)24-26-15-20(22(28-24)17-4-2-3-5-17)23(31)27-21-18-10-16-11-19(21)14-25(32,12-16)13-18/h15-19,21,32H,2-14H2,1H3,(H,27,31)/t16?,18?,19?,21-,25+. The Bertz CT molecular complexity index is 1080. The van der Waals surface area contributed by atoms with Crippen molar-refractivity contribution in [2.75, 3.05) is 37.3 Å². The maximum absolute atomic E-state index is 13.6. The lowest BCUT2D eigenvalue weighted by atomic mass is 9.52. The largest absolute Gasteiger partial charge is 0.390 e. The first-order valence-electron chi connectivity index (χ1n) is 13.3. The predicted octanol–water partition coefficient (Wildman–Crippen LogP) is 1.89. The highest BCUT2D eigenvalue weighted by atomic mass is 32.2. The maximum Gasteiger partial charge on any atom is 0.254 e. The number of aromatic nitrogens is 2. The van der Waals surface area contributed by atoms with Crippen LogP contribution in [0.2, 0.25) is 0 Å². The van der Waals surface area contributed by atoms with Gasteiger partial charge in [0.1, 0.15) is 0 Å². The number of amides is 1. The van der Waals surface area contributed by atoms with Crippen LogP contribution in [-0.4, -0.2) is 77.8 Å². The number of nitrogens with zero attached hydrogens (tertiary/aromatic N) is 4. The quantitative estimate of drug-likeness (QED) is 0.630. The summed E-state index contributed by atoms with van der Waals surface area (Å²) in [4.78, 5) is 25.1. The zero-order chi connectivity index (χ0) is 24.4. The second-order valence-corrected chi connectivity index (χ2v) is 13.8. The van der Waals surface area contributed by atoms with E-state index in [4.69, 9.17) is 4.98 Å². The minimum Gasteiger partial charge on any atom is -0.390 e. The molecule has 0 aromatic carbocycles. The van der Waals surface area contributed by atoms with Gasteiger partial charge in [0.05, 0.1) is 23.1 Å². The van der Waals surface area contributed by atoms with Crippen molar-refractivity contribution in [1.82, 2.24) is 19.6 Å². The summed E-state index contributed by atoms with van der Waals surface area (Å²) in [5.41, 5.74) is 0.916. The molecule has 0 radical (unpaired) electrons. The number of rotatable bonds is 5. The Morgan fingerprint density at radius 3 is 2.34 bits per heavy atom. The third-order valence-electron chi connectivity index (χ3n) is 9.32. The summed E-state index contributed by atoms with van der Waals surface area (Å²) in [6.45, 7) is 1.92. The van der Waals surface area contributed by atoms with Gasteiger partial charge >= 0.3 is 0 Å². The SMILES string of the molecule is CS(=O)(=O)N1CCN(c2ncc(C(=O)N[C@H]3C4CC5CC3C[C@@](O)(C5)C4)c(C3CCCC3)n2)CC1. The molecule has 10 heteroatoms. The third kappa shape index (κ3) is 4.46. The summed E-state index contributed by atoms with van der Waals surface area (Å²) < 4.78 is 25.2. The Balaban J connectivity index is 1.22. The molecule has 2 atom stereocenters. The van der Waals surface area contributed by atoms with Crippen LogP contribution in [0, 0.1) is 17.8 Å². The molecular weight excluding hydrogens is 466 g/mol. The fourth-order valence-corrected chi connectivity index (χ4v) is 8.72. The van der Waals surface area contributed by atoms with Gasteiger partial charge in [0.15, 0.2) is 0 Å². The maximum atomic E-state index is 13.6. The van der Waals surface area contributed by atoms with Gasteiger partial charge < -0.3 is 15.3 Å². The lowest BCUT2D eigenvalue weighted by Gasteiger charge is -2.58. The van der Waals surface area contributed by atoms with Gasteiger partial charge in [-0.25, -0.2) is 18.4 Å². The van der Waals surface area contributed by atoms with Crippen LogP contribution in [0.5, 0.6) is 0 Å². The van der Waals surface area contributed by atoms with E-state index in [1.165, 1.54) is 10.6 Å². The normalized spacial score (nSPS) is 35.5. The van der Waals surface area contributed by atoms with E-state index >= 15 is 0 Å². The smallest absolute Gasteiger partial charge is 0.254 e. The molecule has 1 aromatic heterocycles. The van der Waals surface area contributed by atoms with Gasteiger partial charge in [-0.3, -0.25) is 4.79 Å². The first-order valence-corrected chi connectivity index (χ1v) is 15.1. The van der Waals surface area contributed by atoms with E-state index in [2.05, 4.69) is 10.3 Å². The molecule has 6 aliphatic rings. The molecular formula is C25H37N5O4S. The summed E-state index contributed by atoms with van der Waals surface area (Å²) in [5, 5.41) is 14.3. The second kappa shape index (κ2) is 8.66. The molecule has 1 aliphatic heterocycles. The van der Waals surface area contributed by atoms with Crippen LogP contribution >= 0.6 is 0 Å². The first-order chi connectivity index (χ1) is 16.7. The highest BCUT2D eigenvalue weighted by Gasteiger charge is 2.55. The zero-order valence-corrected chi connectivity index (χ0v) is 21.3. The Morgan fingerprint density at radius 1 is 1.09 bits per heavy atom. The Hall–Kier alpha value is -1.78. The molecule has 7 rings (SSSR count).